The number of anilines is 1. The molecule has 90 valence electrons. The van der Waals surface area contributed by atoms with Crippen LogP contribution in [0.15, 0.2) is 36.8 Å². The molecule has 0 radical (unpaired) electrons. The first-order valence-electron chi connectivity index (χ1n) is 5.37. The minimum atomic E-state index is 0.645. The highest BCUT2D eigenvalue weighted by atomic mass is 15.5. The van der Waals surface area contributed by atoms with Crippen molar-refractivity contribution in [1.29, 1.82) is 0 Å². The van der Waals surface area contributed by atoms with E-state index in [1.54, 1.807) is 21.9 Å². The van der Waals surface area contributed by atoms with Crippen molar-refractivity contribution in [3.8, 4) is 16.9 Å². The molecule has 0 aliphatic heterocycles. The number of nitrogens with two attached hydrogens (primary N) is 1. The van der Waals surface area contributed by atoms with Gasteiger partial charge in [0.05, 0.1) is 11.4 Å². The number of hydrogen-bond acceptors (Lipinski definition) is 5. The van der Waals surface area contributed by atoms with E-state index < -0.39 is 0 Å². The van der Waals surface area contributed by atoms with Crippen LogP contribution in [0.25, 0.3) is 16.9 Å². The summed E-state index contributed by atoms with van der Waals surface area (Å²) in [4.78, 5) is 0. The van der Waals surface area contributed by atoms with Crippen molar-refractivity contribution in [2.75, 3.05) is 5.73 Å². The number of nitrogens with zero attached hydrogens (tertiary/aromatic N) is 6. The van der Waals surface area contributed by atoms with Gasteiger partial charge in [-0.25, -0.2) is 4.68 Å². The molecular weight excluding hydrogens is 230 g/mol. The lowest BCUT2D eigenvalue weighted by Crippen LogP contribution is -1.96. The zero-order chi connectivity index (χ0) is 12.5. The molecule has 0 aliphatic rings. The number of aromatic nitrogens is 6. The Morgan fingerprint density at radius 3 is 2.83 bits per heavy atom. The molecule has 0 unspecified atom stereocenters. The zero-order valence-corrected chi connectivity index (χ0v) is 9.72. The number of nitrogen functional groups attached to an aromatic ring is 1. The lowest BCUT2D eigenvalue weighted by molar-refractivity contribution is 0.770. The molecule has 0 saturated carbocycles. The Kier molecular flexibility index (Phi) is 2.30. The number of benzene rings is 1. The van der Waals surface area contributed by atoms with Crippen LogP contribution in [0, 0.1) is 0 Å². The first-order chi connectivity index (χ1) is 8.74. The van der Waals surface area contributed by atoms with Gasteiger partial charge < -0.3 is 5.73 Å². The predicted octanol–water partition coefficient (Wildman–Crippen LogP) is 0.645. The van der Waals surface area contributed by atoms with Crippen molar-refractivity contribution in [2.45, 2.75) is 0 Å². The van der Waals surface area contributed by atoms with E-state index in [4.69, 9.17) is 5.73 Å². The van der Waals surface area contributed by atoms with Crippen molar-refractivity contribution < 1.29 is 0 Å². The van der Waals surface area contributed by atoms with E-state index in [9.17, 15) is 0 Å². The van der Waals surface area contributed by atoms with Gasteiger partial charge in [0.2, 0.25) is 0 Å². The summed E-state index contributed by atoms with van der Waals surface area (Å²) in [5.74, 6) is 0. The van der Waals surface area contributed by atoms with Crippen LogP contribution >= 0.6 is 0 Å². The number of rotatable bonds is 2. The molecule has 18 heavy (non-hydrogen) atoms. The van der Waals surface area contributed by atoms with Crippen LogP contribution in [0.4, 0.5) is 5.69 Å². The van der Waals surface area contributed by atoms with E-state index in [1.165, 1.54) is 0 Å². The van der Waals surface area contributed by atoms with E-state index in [0.717, 1.165) is 16.9 Å². The molecule has 0 amide bonds. The zero-order valence-electron chi connectivity index (χ0n) is 9.72. The van der Waals surface area contributed by atoms with E-state index >= 15 is 0 Å². The third-order valence-corrected chi connectivity index (χ3v) is 2.59. The molecular formula is C11H11N7. The van der Waals surface area contributed by atoms with Gasteiger partial charge in [0, 0.05) is 18.8 Å². The van der Waals surface area contributed by atoms with Crippen LogP contribution in [0.3, 0.4) is 0 Å². The molecule has 0 bridgehead atoms. The van der Waals surface area contributed by atoms with Gasteiger partial charge in [-0.15, -0.1) is 5.10 Å². The molecule has 1 aromatic carbocycles. The third-order valence-electron chi connectivity index (χ3n) is 2.59. The van der Waals surface area contributed by atoms with Gasteiger partial charge in [-0.2, -0.15) is 5.10 Å². The monoisotopic (exact) mass is 241 g/mol. The summed E-state index contributed by atoms with van der Waals surface area (Å²) in [6.45, 7) is 0. The van der Waals surface area contributed by atoms with Crippen molar-refractivity contribution in [2.24, 2.45) is 7.05 Å². The quantitative estimate of drug-likeness (QED) is 0.711. The Labute approximate surface area is 103 Å². The van der Waals surface area contributed by atoms with Crippen LogP contribution in [-0.4, -0.2) is 30.0 Å². The van der Waals surface area contributed by atoms with E-state index in [2.05, 4.69) is 20.6 Å². The highest BCUT2D eigenvalue weighted by molar-refractivity contribution is 5.73. The molecule has 3 rings (SSSR count). The summed E-state index contributed by atoms with van der Waals surface area (Å²) in [7, 11) is 1.84. The second-order valence-electron chi connectivity index (χ2n) is 3.91. The molecule has 2 N–H and O–H groups in total. The highest BCUT2D eigenvalue weighted by Crippen LogP contribution is 2.25. The van der Waals surface area contributed by atoms with Crippen molar-refractivity contribution in [1.82, 2.24) is 30.0 Å². The molecule has 0 spiro atoms. The Morgan fingerprint density at radius 2 is 2.17 bits per heavy atom. The minimum absolute atomic E-state index is 0.645. The van der Waals surface area contributed by atoms with Gasteiger partial charge in [0.15, 0.2) is 0 Å². The SMILES string of the molecule is Cn1cc(N)c(-c2cccc(-n3cnnn3)c2)n1. The fourth-order valence-corrected chi connectivity index (χ4v) is 1.81. The van der Waals surface area contributed by atoms with Gasteiger partial charge in [-0.1, -0.05) is 12.1 Å². The summed E-state index contributed by atoms with van der Waals surface area (Å²) in [6, 6.07) is 7.72. The summed E-state index contributed by atoms with van der Waals surface area (Å²) < 4.78 is 3.27. The maximum absolute atomic E-state index is 5.91. The lowest BCUT2D eigenvalue weighted by atomic mass is 10.1. The molecule has 0 aliphatic carbocycles. The summed E-state index contributed by atoms with van der Waals surface area (Å²) in [5, 5.41) is 15.4. The molecule has 2 heterocycles. The third kappa shape index (κ3) is 1.71. The summed E-state index contributed by atoms with van der Waals surface area (Å²) in [5.41, 5.74) is 9.11. The van der Waals surface area contributed by atoms with Gasteiger partial charge >= 0.3 is 0 Å². The van der Waals surface area contributed by atoms with Gasteiger partial charge in [0.1, 0.15) is 12.0 Å². The average Bonchev–Trinajstić information content (AvgIpc) is 2.99. The second-order valence-corrected chi connectivity index (χ2v) is 3.91. The van der Waals surface area contributed by atoms with Crippen LogP contribution in [-0.2, 0) is 7.05 Å². The van der Waals surface area contributed by atoms with Crippen LogP contribution in [0.2, 0.25) is 0 Å². The maximum Gasteiger partial charge on any atom is 0.143 e. The normalized spacial score (nSPS) is 10.7. The Bertz CT molecular complexity index is 669. The molecule has 3 aromatic rings. The molecule has 0 atom stereocenters. The van der Waals surface area contributed by atoms with Gasteiger partial charge in [0.25, 0.3) is 0 Å². The highest BCUT2D eigenvalue weighted by Gasteiger charge is 2.08. The van der Waals surface area contributed by atoms with Crippen LogP contribution in [0.5, 0.6) is 0 Å². The fraction of sp³-hybridized carbons (Fsp3) is 0.0909. The second kappa shape index (κ2) is 3.95. The van der Waals surface area contributed by atoms with Crippen molar-refractivity contribution >= 4 is 5.69 Å². The van der Waals surface area contributed by atoms with Gasteiger partial charge in [-0.3, -0.25) is 4.68 Å². The first-order valence-corrected chi connectivity index (χ1v) is 5.37. The topological polar surface area (TPSA) is 87.4 Å². The smallest absolute Gasteiger partial charge is 0.143 e. The standard InChI is InChI=1S/C11H11N7/c1-17-6-10(12)11(14-17)8-3-2-4-9(5-8)18-7-13-15-16-18/h2-7H,12H2,1H3. The molecule has 7 heteroatoms. The number of aryl methyl sites for hydroxylation is 1. The molecule has 0 saturated heterocycles. The van der Waals surface area contributed by atoms with Crippen molar-refractivity contribution in [3.05, 3.63) is 36.8 Å². The number of tetrazole rings is 1. The average molecular weight is 241 g/mol. The van der Waals surface area contributed by atoms with Gasteiger partial charge in [-0.05, 0) is 22.6 Å². The molecule has 7 nitrogen and oxygen atoms in total. The largest absolute Gasteiger partial charge is 0.396 e. The van der Waals surface area contributed by atoms with E-state index in [0.29, 0.717) is 5.69 Å². The molecule has 2 aromatic heterocycles. The molecule has 0 fully saturated rings. The summed E-state index contributed by atoms with van der Waals surface area (Å²) >= 11 is 0. The Balaban J connectivity index is 2.09. The Morgan fingerprint density at radius 1 is 1.28 bits per heavy atom. The predicted molar refractivity (Wildman–Crippen MR) is 65.8 cm³/mol. The van der Waals surface area contributed by atoms with E-state index in [-0.39, 0.29) is 0 Å². The Hall–Kier alpha value is -2.70. The minimum Gasteiger partial charge on any atom is -0.396 e. The first kappa shape index (κ1) is 10.5. The lowest BCUT2D eigenvalue weighted by Gasteiger charge is -2.02. The summed E-state index contributed by atoms with van der Waals surface area (Å²) in [6.07, 6.45) is 3.32. The number of hydrogen-bond donors (Lipinski definition) is 1. The van der Waals surface area contributed by atoms with Crippen LogP contribution < -0.4 is 5.73 Å². The maximum atomic E-state index is 5.91. The fourth-order valence-electron chi connectivity index (χ4n) is 1.81. The van der Waals surface area contributed by atoms with E-state index in [1.807, 2.05) is 31.3 Å². The van der Waals surface area contributed by atoms with Crippen molar-refractivity contribution in [3.63, 3.8) is 0 Å². The van der Waals surface area contributed by atoms with Crippen LogP contribution in [0.1, 0.15) is 0 Å².